The number of ether oxygens (including phenoxy) is 2. The highest BCUT2D eigenvalue weighted by atomic mass is 32.1. The molecule has 4 aromatic heterocycles. The van der Waals surface area contributed by atoms with Gasteiger partial charge in [-0.3, -0.25) is 9.72 Å². The fraction of sp³-hybridized carbons (Fsp3) is 0.400. The van der Waals surface area contributed by atoms with Crippen LogP contribution in [-0.4, -0.2) is 69.2 Å². The number of aliphatic hydroxyl groups excluding tert-OH is 1. The molecule has 13 heteroatoms. The summed E-state index contributed by atoms with van der Waals surface area (Å²) < 4.78 is 18.4. The van der Waals surface area contributed by atoms with Crippen molar-refractivity contribution in [1.29, 1.82) is 0 Å². The molecule has 0 bridgehead atoms. The number of nitrogens with one attached hydrogen (secondary N) is 3. The maximum atomic E-state index is 12.4. The molecule has 0 saturated heterocycles. The molecule has 1 aromatic carbocycles. The number of pyridine rings is 1. The lowest BCUT2D eigenvalue weighted by molar-refractivity contribution is 0.0602. The van der Waals surface area contributed by atoms with Gasteiger partial charge in [0.15, 0.2) is 10.8 Å². The number of urea groups is 1. The van der Waals surface area contributed by atoms with E-state index in [-0.39, 0.29) is 11.0 Å². The molecule has 1 saturated carbocycles. The van der Waals surface area contributed by atoms with E-state index in [2.05, 4.69) is 21.1 Å². The van der Waals surface area contributed by atoms with Crippen LogP contribution in [0.5, 0.6) is 5.88 Å². The third-order valence-electron chi connectivity index (χ3n) is 7.29. The van der Waals surface area contributed by atoms with Crippen molar-refractivity contribution in [1.82, 2.24) is 24.8 Å². The molecule has 1 atom stereocenters. The Labute approximate surface area is 252 Å². The summed E-state index contributed by atoms with van der Waals surface area (Å²) in [6.45, 7) is 7.29. The van der Waals surface area contributed by atoms with Crippen molar-refractivity contribution in [3.8, 4) is 17.1 Å². The lowest BCUT2D eigenvalue weighted by Gasteiger charge is -2.19. The zero-order valence-electron chi connectivity index (χ0n) is 24.5. The van der Waals surface area contributed by atoms with E-state index in [1.807, 2.05) is 67.8 Å². The zero-order chi connectivity index (χ0) is 30.2. The van der Waals surface area contributed by atoms with Crippen LogP contribution in [0.3, 0.4) is 0 Å². The van der Waals surface area contributed by atoms with Crippen LogP contribution in [0.2, 0.25) is 0 Å². The van der Waals surface area contributed by atoms with Crippen molar-refractivity contribution >= 4 is 44.2 Å². The van der Waals surface area contributed by atoms with Crippen LogP contribution >= 0.6 is 11.3 Å². The van der Waals surface area contributed by atoms with Gasteiger partial charge in [-0.05, 0) is 31.0 Å². The number of imidazole rings is 1. The number of carbonyl (C=O) groups excluding carboxylic acids is 1. The van der Waals surface area contributed by atoms with E-state index in [1.54, 1.807) is 13.2 Å². The zero-order valence-corrected chi connectivity index (χ0v) is 25.3. The van der Waals surface area contributed by atoms with E-state index in [4.69, 9.17) is 24.0 Å². The SMILES string of the molecule is COC[C@@H](O)CNC1(COc2ccc3c(n2)sc2nc(-c4ccc(NC(=O)Nc5cc(C(C)(C)C)on5)cc4)cn23)CC1. The second kappa shape index (κ2) is 11.6. The summed E-state index contributed by atoms with van der Waals surface area (Å²) in [6, 6.07) is 12.7. The van der Waals surface area contributed by atoms with Crippen molar-refractivity contribution < 1.29 is 23.9 Å². The normalized spacial score (nSPS) is 15.1. The highest BCUT2D eigenvalue weighted by Gasteiger charge is 2.43. The second-order valence-electron chi connectivity index (χ2n) is 11.9. The molecule has 0 spiro atoms. The van der Waals surface area contributed by atoms with Crippen LogP contribution in [0.4, 0.5) is 16.3 Å². The molecule has 1 aliphatic carbocycles. The quantitative estimate of drug-likeness (QED) is 0.162. The Morgan fingerprint density at radius 2 is 1.95 bits per heavy atom. The fourth-order valence-electron chi connectivity index (χ4n) is 4.60. The summed E-state index contributed by atoms with van der Waals surface area (Å²) in [5, 5.41) is 22.8. The molecular weight excluding hydrogens is 570 g/mol. The predicted octanol–water partition coefficient (Wildman–Crippen LogP) is 5.05. The van der Waals surface area contributed by atoms with Crippen LogP contribution in [0, 0.1) is 0 Å². The third kappa shape index (κ3) is 6.64. The van der Waals surface area contributed by atoms with Gasteiger partial charge >= 0.3 is 6.03 Å². The van der Waals surface area contributed by atoms with E-state index >= 15 is 0 Å². The van der Waals surface area contributed by atoms with Crippen molar-refractivity contribution in [2.75, 3.05) is 37.5 Å². The van der Waals surface area contributed by atoms with Crippen molar-refractivity contribution in [3.05, 3.63) is 54.4 Å². The Bertz CT molecular complexity index is 1730. The number of anilines is 2. The van der Waals surface area contributed by atoms with Gasteiger partial charge in [0.1, 0.15) is 17.2 Å². The van der Waals surface area contributed by atoms with Crippen LogP contribution < -0.4 is 20.7 Å². The van der Waals surface area contributed by atoms with E-state index < -0.39 is 12.1 Å². The standard InChI is InChI=1S/C30H35N7O5S/c1-29(2,3)23-13-24(36-42-23)34-27(39)32-19-7-5-18(6-8-19)21-15-37-22-9-10-25(35-26(22)43-28(37)33-21)41-17-30(11-12-30)31-14-20(38)16-40-4/h5-10,13,15,20,31,38H,11-12,14,16-17H2,1-4H3,(H2,32,34,36,39)/t20-/m0/s1. The van der Waals surface area contributed by atoms with Gasteiger partial charge < -0.3 is 29.7 Å². The number of hydrogen-bond donors (Lipinski definition) is 4. The van der Waals surface area contributed by atoms with Crippen LogP contribution in [0.1, 0.15) is 39.4 Å². The van der Waals surface area contributed by atoms with Gasteiger partial charge in [-0.15, -0.1) is 0 Å². The van der Waals surface area contributed by atoms with Gasteiger partial charge in [0.05, 0.1) is 29.5 Å². The number of rotatable bonds is 11. The number of fused-ring (bicyclic) bond motifs is 3. The van der Waals surface area contributed by atoms with Crippen LogP contribution in [0.25, 0.3) is 26.6 Å². The van der Waals surface area contributed by atoms with Crippen molar-refractivity contribution in [2.24, 2.45) is 0 Å². The van der Waals surface area contributed by atoms with Crippen LogP contribution in [0.15, 0.2) is 53.2 Å². The minimum absolute atomic E-state index is 0.119. The summed E-state index contributed by atoms with van der Waals surface area (Å²) in [5.41, 5.74) is 3.01. The third-order valence-corrected chi connectivity index (χ3v) is 8.25. The summed E-state index contributed by atoms with van der Waals surface area (Å²) >= 11 is 1.49. The molecule has 0 aliphatic heterocycles. The molecular formula is C30H35N7O5S. The summed E-state index contributed by atoms with van der Waals surface area (Å²) in [5.74, 6) is 1.61. The fourth-order valence-corrected chi connectivity index (χ4v) is 5.57. The minimum atomic E-state index is -0.543. The average Bonchev–Trinajstić information content (AvgIpc) is 3.24. The highest BCUT2D eigenvalue weighted by molar-refractivity contribution is 7.23. The maximum absolute atomic E-state index is 12.4. The molecule has 226 valence electrons. The Hall–Kier alpha value is -4.04. The average molecular weight is 606 g/mol. The van der Waals surface area contributed by atoms with Gasteiger partial charge in [0.25, 0.3) is 0 Å². The minimum Gasteiger partial charge on any atom is -0.476 e. The largest absolute Gasteiger partial charge is 0.476 e. The molecule has 2 amide bonds. The number of thiazole rings is 1. The highest BCUT2D eigenvalue weighted by Crippen LogP contribution is 2.36. The van der Waals surface area contributed by atoms with E-state index in [1.165, 1.54) is 11.3 Å². The Balaban J connectivity index is 1.07. The first-order valence-electron chi connectivity index (χ1n) is 14.1. The van der Waals surface area contributed by atoms with Gasteiger partial charge in [0, 0.05) is 48.6 Å². The first-order valence-corrected chi connectivity index (χ1v) is 14.9. The number of nitrogens with zero attached hydrogens (tertiary/aromatic N) is 4. The number of aromatic nitrogens is 4. The number of hydrogen-bond acceptors (Lipinski definition) is 10. The van der Waals surface area contributed by atoms with E-state index in [9.17, 15) is 9.90 Å². The second-order valence-corrected chi connectivity index (χ2v) is 12.9. The van der Waals surface area contributed by atoms with Gasteiger partial charge in [-0.25, -0.2) is 14.8 Å². The number of methoxy groups -OCH3 is 1. The maximum Gasteiger partial charge on any atom is 0.324 e. The number of amides is 2. The number of aliphatic hydroxyl groups is 1. The number of carbonyl (C=O) groups is 1. The Morgan fingerprint density at radius 1 is 1.16 bits per heavy atom. The lowest BCUT2D eigenvalue weighted by atomic mass is 9.93. The summed E-state index contributed by atoms with van der Waals surface area (Å²) in [6.07, 6.45) is 3.43. The summed E-state index contributed by atoms with van der Waals surface area (Å²) in [7, 11) is 1.58. The molecule has 12 nitrogen and oxygen atoms in total. The smallest absolute Gasteiger partial charge is 0.324 e. The van der Waals surface area contributed by atoms with Crippen molar-refractivity contribution in [3.63, 3.8) is 0 Å². The number of β-amino-alcohol motifs (C(OH)–C–C–N with tert-alkyl or cyclic N) is 1. The first kappa shape index (κ1) is 29.1. The van der Waals surface area contributed by atoms with Gasteiger partial charge in [-0.2, -0.15) is 0 Å². The predicted molar refractivity (Wildman–Crippen MR) is 165 cm³/mol. The Morgan fingerprint density at radius 3 is 2.65 bits per heavy atom. The Kier molecular flexibility index (Phi) is 7.81. The molecule has 0 radical (unpaired) electrons. The van der Waals surface area contributed by atoms with Gasteiger partial charge in [-0.1, -0.05) is 49.4 Å². The molecule has 1 aliphatic rings. The molecule has 5 aromatic rings. The molecule has 0 unspecified atom stereocenters. The van der Waals surface area contributed by atoms with Crippen molar-refractivity contribution in [2.45, 2.75) is 50.7 Å². The molecule has 4 heterocycles. The number of benzene rings is 1. The van der Waals surface area contributed by atoms with E-state index in [0.717, 1.165) is 39.4 Å². The van der Waals surface area contributed by atoms with Crippen LogP contribution in [-0.2, 0) is 10.2 Å². The monoisotopic (exact) mass is 605 g/mol. The summed E-state index contributed by atoms with van der Waals surface area (Å²) in [4.78, 5) is 23.6. The first-order chi connectivity index (χ1) is 20.6. The topological polar surface area (TPSA) is 148 Å². The van der Waals surface area contributed by atoms with E-state index in [0.29, 0.717) is 42.9 Å². The molecule has 1 fully saturated rings. The molecule has 6 rings (SSSR count). The molecule has 4 N–H and O–H groups in total. The molecule has 43 heavy (non-hydrogen) atoms. The van der Waals surface area contributed by atoms with Gasteiger partial charge in [0.2, 0.25) is 5.88 Å². The lowest BCUT2D eigenvalue weighted by Crippen LogP contribution is -2.42.